The molecule has 3 aromatic rings. The molecule has 31 heavy (non-hydrogen) atoms. The van der Waals surface area contributed by atoms with Crippen LogP contribution in [-0.2, 0) is 0 Å². The molecule has 0 heterocycles. The average Bonchev–Trinajstić information content (AvgIpc) is 3.20. The molecule has 2 aliphatic carbocycles. The second-order valence-corrected chi connectivity index (χ2v) is 16.3. The van der Waals surface area contributed by atoms with Gasteiger partial charge in [0, 0.05) is 45.4 Å². The highest BCUT2D eigenvalue weighted by Crippen LogP contribution is 2.56. The third-order valence-corrected chi connectivity index (χ3v) is 12.5. The first-order valence-corrected chi connectivity index (χ1v) is 15.5. The Morgan fingerprint density at radius 3 is 1.90 bits per heavy atom. The van der Waals surface area contributed by atoms with E-state index < -0.39 is 8.07 Å². The molecule has 0 fully saturated rings. The van der Waals surface area contributed by atoms with Crippen molar-refractivity contribution in [2.45, 2.75) is 31.1 Å². The normalized spacial score (nSPS) is 17.3. The van der Waals surface area contributed by atoms with E-state index in [2.05, 4.69) is 132 Å². The lowest BCUT2D eigenvalue weighted by Crippen LogP contribution is -2.42. The number of hydrogen-bond acceptors (Lipinski definition) is 1. The standard InChI is InChI=1S/C27H27Br2NSi/c1-16-13-22-21(7-6-8-25(22)30(2)3)26(16)31(4,5)27-23-14-17(28)9-11-19(23)20-12-10-18(29)15-24(20)27/h6-15,26-27H,1-5H3. The number of fused-ring (bicyclic) bond motifs is 4. The highest BCUT2D eigenvalue weighted by atomic mass is 79.9. The van der Waals surface area contributed by atoms with Crippen molar-refractivity contribution in [2.75, 3.05) is 19.0 Å². The summed E-state index contributed by atoms with van der Waals surface area (Å²) >= 11 is 7.51. The number of hydrogen-bond donors (Lipinski definition) is 0. The SMILES string of the molecule is CC1=Cc2c(cccc2N(C)C)C1[Si](C)(C)C1c2cc(Br)ccc2-c2ccc(Br)cc21. The lowest BCUT2D eigenvalue weighted by Gasteiger charge is -2.38. The molecule has 1 unspecified atom stereocenters. The first-order valence-electron chi connectivity index (χ1n) is 10.8. The Morgan fingerprint density at radius 2 is 1.35 bits per heavy atom. The Morgan fingerprint density at radius 1 is 0.774 bits per heavy atom. The molecule has 1 nitrogen and oxygen atoms in total. The molecule has 0 bridgehead atoms. The van der Waals surface area contributed by atoms with Crippen LogP contribution in [0.5, 0.6) is 0 Å². The summed E-state index contributed by atoms with van der Waals surface area (Å²) in [5.74, 6) is 0. The van der Waals surface area contributed by atoms with E-state index in [1.165, 1.54) is 53.6 Å². The Hall–Kier alpha value is -1.62. The molecule has 0 saturated heterocycles. The van der Waals surface area contributed by atoms with Crippen molar-refractivity contribution in [3.8, 4) is 11.1 Å². The van der Waals surface area contributed by atoms with E-state index in [9.17, 15) is 0 Å². The van der Waals surface area contributed by atoms with Crippen molar-refractivity contribution >= 4 is 51.7 Å². The predicted octanol–water partition coefficient (Wildman–Crippen LogP) is 8.38. The van der Waals surface area contributed by atoms with Gasteiger partial charge >= 0.3 is 0 Å². The van der Waals surface area contributed by atoms with Crippen LogP contribution in [0.1, 0.15) is 40.3 Å². The van der Waals surface area contributed by atoms with Gasteiger partial charge in [0.25, 0.3) is 0 Å². The van der Waals surface area contributed by atoms with E-state index in [0.29, 0.717) is 11.1 Å². The van der Waals surface area contributed by atoms with Crippen LogP contribution in [0, 0.1) is 0 Å². The molecule has 0 radical (unpaired) electrons. The summed E-state index contributed by atoms with van der Waals surface area (Å²) in [4.78, 5) is 2.24. The van der Waals surface area contributed by atoms with Crippen LogP contribution in [0.25, 0.3) is 17.2 Å². The summed E-state index contributed by atoms with van der Waals surface area (Å²) in [6, 6.07) is 20.5. The predicted molar refractivity (Wildman–Crippen MR) is 144 cm³/mol. The van der Waals surface area contributed by atoms with E-state index in [4.69, 9.17) is 0 Å². The van der Waals surface area contributed by atoms with Gasteiger partial charge in [-0.3, -0.25) is 0 Å². The van der Waals surface area contributed by atoms with E-state index in [1.54, 1.807) is 0 Å². The van der Waals surface area contributed by atoms with Gasteiger partial charge in [0.15, 0.2) is 0 Å². The molecule has 0 N–H and O–H groups in total. The van der Waals surface area contributed by atoms with Crippen molar-refractivity contribution in [2.24, 2.45) is 0 Å². The molecule has 0 amide bonds. The molecule has 3 aromatic carbocycles. The second-order valence-electron chi connectivity index (χ2n) is 9.71. The summed E-state index contributed by atoms with van der Waals surface area (Å²) in [5, 5.41) is 0. The van der Waals surface area contributed by atoms with Gasteiger partial charge in [-0.05, 0) is 65.1 Å². The fourth-order valence-electron chi connectivity index (χ4n) is 6.08. The average molecular weight is 553 g/mol. The quantitative estimate of drug-likeness (QED) is 0.295. The number of anilines is 1. The molecule has 0 aromatic heterocycles. The van der Waals surface area contributed by atoms with Gasteiger partial charge in [-0.25, -0.2) is 0 Å². The third-order valence-electron chi connectivity index (χ3n) is 7.16. The smallest absolute Gasteiger partial charge is 0.0726 e. The van der Waals surface area contributed by atoms with Crippen LogP contribution in [0.15, 0.2) is 69.1 Å². The minimum atomic E-state index is -1.89. The molecular weight excluding hydrogens is 526 g/mol. The van der Waals surface area contributed by atoms with Gasteiger partial charge in [0.2, 0.25) is 0 Å². The molecule has 0 saturated carbocycles. The van der Waals surface area contributed by atoms with E-state index in [-0.39, 0.29) is 0 Å². The van der Waals surface area contributed by atoms with Crippen LogP contribution in [0.4, 0.5) is 5.69 Å². The summed E-state index contributed by atoms with van der Waals surface area (Å²) in [7, 11) is 2.41. The summed E-state index contributed by atoms with van der Waals surface area (Å²) < 4.78 is 2.34. The Balaban J connectivity index is 1.72. The Bertz CT molecular complexity index is 1190. The number of allylic oxidation sites excluding steroid dienone is 1. The third kappa shape index (κ3) is 3.21. The molecule has 2 aliphatic rings. The number of halogens is 2. The van der Waals surface area contributed by atoms with Crippen LogP contribution >= 0.6 is 31.9 Å². The van der Waals surface area contributed by atoms with Crippen LogP contribution in [0.3, 0.4) is 0 Å². The molecule has 158 valence electrons. The Kier molecular flexibility index (Phi) is 5.11. The van der Waals surface area contributed by atoms with Crippen molar-refractivity contribution in [3.63, 3.8) is 0 Å². The van der Waals surface area contributed by atoms with E-state index in [0.717, 1.165) is 0 Å². The van der Waals surface area contributed by atoms with Crippen LogP contribution in [-0.4, -0.2) is 22.2 Å². The minimum Gasteiger partial charge on any atom is -0.377 e. The van der Waals surface area contributed by atoms with Crippen molar-refractivity contribution in [1.82, 2.24) is 0 Å². The minimum absolute atomic E-state index is 0.454. The monoisotopic (exact) mass is 551 g/mol. The van der Waals surface area contributed by atoms with Crippen LogP contribution < -0.4 is 4.90 Å². The zero-order valence-corrected chi connectivity index (χ0v) is 22.8. The summed E-state index contributed by atoms with van der Waals surface area (Å²) in [6.45, 7) is 7.53. The summed E-state index contributed by atoms with van der Waals surface area (Å²) in [5.41, 5.74) is 12.5. The highest BCUT2D eigenvalue weighted by Gasteiger charge is 2.48. The molecule has 4 heteroatoms. The first kappa shape index (κ1) is 21.2. The maximum absolute atomic E-state index is 3.75. The second kappa shape index (κ2) is 7.46. The summed E-state index contributed by atoms with van der Waals surface area (Å²) in [6.07, 6.45) is 2.45. The molecule has 0 spiro atoms. The highest BCUT2D eigenvalue weighted by molar-refractivity contribution is 9.10. The lowest BCUT2D eigenvalue weighted by molar-refractivity contribution is 0.983. The van der Waals surface area contributed by atoms with Gasteiger partial charge in [-0.1, -0.05) is 80.9 Å². The molecule has 0 aliphatic heterocycles. The van der Waals surface area contributed by atoms with Crippen LogP contribution in [0.2, 0.25) is 13.1 Å². The fraction of sp³-hybridized carbons (Fsp3) is 0.259. The topological polar surface area (TPSA) is 3.24 Å². The Labute approximate surface area is 203 Å². The van der Waals surface area contributed by atoms with Gasteiger partial charge in [-0.2, -0.15) is 0 Å². The van der Waals surface area contributed by atoms with Crippen molar-refractivity contribution < 1.29 is 0 Å². The van der Waals surface area contributed by atoms with Crippen molar-refractivity contribution in [3.05, 3.63) is 91.4 Å². The largest absolute Gasteiger partial charge is 0.377 e. The number of nitrogens with zero attached hydrogens (tertiary/aromatic N) is 1. The maximum atomic E-state index is 3.75. The zero-order valence-electron chi connectivity index (χ0n) is 18.6. The van der Waals surface area contributed by atoms with E-state index in [1.807, 2.05) is 0 Å². The lowest BCUT2D eigenvalue weighted by atomic mass is 10.1. The number of rotatable bonds is 3. The maximum Gasteiger partial charge on any atom is 0.0726 e. The van der Waals surface area contributed by atoms with Gasteiger partial charge < -0.3 is 4.90 Å². The van der Waals surface area contributed by atoms with Gasteiger partial charge in [-0.15, -0.1) is 0 Å². The first-order chi connectivity index (χ1) is 14.7. The fourth-order valence-corrected chi connectivity index (χ4v) is 11.6. The van der Waals surface area contributed by atoms with Gasteiger partial charge in [0.1, 0.15) is 0 Å². The van der Waals surface area contributed by atoms with E-state index >= 15 is 0 Å². The van der Waals surface area contributed by atoms with Gasteiger partial charge in [0.05, 0.1) is 8.07 Å². The zero-order chi connectivity index (χ0) is 22.1. The van der Waals surface area contributed by atoms with Crippen molar-refractivity contribution in [1.29, 1.82) is 0 Å². The molecular formula is C27H27Br2NSi. The number of benzene rings is 3. The molecule has 5 rings (SSSR count). The molecule has 1 atom stereocenters.